The third kappa shape index (κ3) is 6.35. The van der Waals surface area contributed by atoms with Gasteiger partial charge in [-0.3, -0.25) is 4.79 Å². The number of hydrogen-bond donors (Lipinski definition) is 2. The molecule has 0 saturated carbocycles. The number of halogens is 1. The highest BCUT2D eigenvalue weighted by Gasteiger charge is 2.17. The molecule has 1 aliphatic heterocycles. The highest BCUT2D eigenvalue weighted by molar-refractivity contribution is 5.94. The number of likely N-dealkylation sites (tertiary alicyclic amines) is 1. The molecule has 7 heteroatoms. The minimum atomic E-state index is -0.329. The van der Waals surface area contributed by atoms with Gasteiger partial charge in [0.1, 0.15) is 11.6 Å². The second-order valence-corrected chi connectivity index (χ2v) is 8.47. The smallest absolute Gasteiger partial charge is 0.251 e. The van der Waals surface area contributed by atoms with E-state index in [-0.39, 0.29) is 11.7 Å². The van der Waals surface area contributed by atoms with Crippen molar-refractivity contribution in [2.75, 3.05) is 25.0 Å². The van der Waals surface area contributed by atoms with Crippen molar-refractivity contribution in [2.45, 2.75) is 38.6 Å². The fourth-order valence-electron chi connectivity index (χ4n) is 4.12. The molecule has 4 rings (SSSR count). The lowest BCUT2D eigenvalue weighted by Crippen LogP contribution is -2.39. The minimum absolute atomic E-state index is 0.0660. The third-order valence-electron chi connectivity index (χ3n) is 6.01. The third-order valence-corrected chi connectivity index (χ3v) is 6.01. The molecule has 172 valence electrons. The predicted molar refractivity (Wildman–Crippen MR) is 129 cm³/mol. The van der Waals surface area contributed by atoms with Gasteiger partial charge in [-0.2, -0.15) is 0 Å². The van der Waals surface area contributed by atoms with Crippen LogP contribution in [0, 0.1) is 5.82 Å². The Bertz CT molecular complexity index is 1070. The Morgan fingerprint density at radius 3 is 2.79 bits per heavy atom. The molecule has 1 saturated heterocycles. The van der Waals surface area contributed by atoms with E-state index < -0.39 is 0 Å². The van der Waals surface area contributed by atoms with E-state index in [1.165, 1.54) is 37.9 Å². The van der Waals surface area contributed by atoms with E-state index in [4.69, 9.17) is 0 Å². The van der Waals surface area contributed by atoms with Crippen molar-refractivity contribution < 1.29 is 9.18 Å². The fourth-order valence-corrected chi connectivity index (χ4v) is 4.12. The normalized spacial score (nSPS) is 16.4. The number of piperidine rings is 1. The fraction of sp³-hybridized carbons (Fsp3) is 0.346. The number of anilines is 2. The summed E-state index contributed by atoms with van der Waals surface area (Å²) in [6, 6.07) is 15.8. The largest absolute Gasteiger partial charge is 0.352 e. The summed E-state index contributed by atoms with van der Waals surface area (Å²) >= 11 is 0. The first-order valence-corrected chi connectivity index (χ1v) is 11.6. The standard InChI is InChI=1S/C26H30FN5O/c1-19-6-2-3-16-32(19)17-5-14-29-26(33)20-9-11-23(12-10-20)30-24-13-15-28-25(31-24)21-7-4-8-22(27)18-21/h4,7-13,15,18-19H,2-3,5-6,14,16-17H2,1H3,(H,29,33)(H,28,30,31). The molecule has 1 fully saturated rings. The minimum Gasteiger partial charge on any atom is -0.352 e. The van der Waals surface area contributed by atoms with Crippen LogP contribution in [-0.4, -0.2) is 46.5 Å². The first kappa shape index (κ1) is 22.9. The summed E-state index contributed by atoms with van der Waals surface area (Å²) in [6.07, 6.45) is 6.45. The van der Waals surface area contributed by atoms with Crippen LogP contribution in [0.3, 0.4) is 0 Å². The predicted octanol–water partition coefficient (Wildman–Crippen LogP) is 5.02. The van der Waals surface area contributed by atoms with Crippen molar-refractivity contribution in [1.29, 1.82) is 0 Å². The summed E-state index contributed by atoms with van der Waals surface area (Å²) in [7, 11) is 0. The molecule has 1 aromatic heterocycles. The molecule has 2 N–H and O–H groups in total. The zero-order chi connectivity index (χ0) is 23.0. The quantitative estimate of drug-likeness (QED) is 0.475. The number of hydrogen-bond acceptors (Lipinski definition) is 5. The summed E-state index contributed by atoms with van der Waals surface area (Å²) in [6.45, 7) is 5.16. The lowest BCUT2D eigenvalue weighted by molar-refractivity contribution is 0.0949. The van der Waals surface area contributed by atoms with Crippen LogP contribution in [0.25, 0.3) is 11.4 Å². The summed E-state index contributed by atoms with van der Waals surface area (Å²) < 4.78 is 13.5. The Morgan fingerprint density at radius 1 is 1.15 bits per heavy atom. The maximum atomic E-state index is 13.5. The number of rotatable bonds is 8. The topological polar surface area (TPSA) is 70.2 Å². The first-order chi connectivity index (χ1) is 16.1. The van der Waals surface area contributed by atoms with Crippen LogP contribution in [0.1, 0.15) is 43.0 Å². The molecule has 1 aliphatic rings. The van der Waals surface area contributed by atoms with Gasteiger partial charge >= 0.3 is 0 Å². The highest BCUT2D eigenvalue weighted by Crippen LogP contribution is 2.20. The van der Waals surface area contributed by atoms with E-state index in [1.807, 2.05) is 12.1 Å². The van der Waals surface area contributed by atoms with Crippen LogP contribution in [0.2, 0.25) is 0 Å². The zero-order valence-corrected chi connectivity index (χ0v) is 18.9. The van der Waals surface area contributed by atoms with Gasteiger partial charge in [-0.1, -0.05) is 18.6 Å². The maximum absolute atomic E-state index is 13.5. The number of carbonyl (C=O) groups excluding carboxylic acids is 1. The molecule has 1 atom stereocenters. The van der Waals surface area contributed by atoms with Gasteiger partial charge in [0.15, 0.2) is 5.82 Å². The SMILES string of the molecule is CC1CCCCN1CCCNC(=O)c1ccc(Nc2ccnc(-c3cccc(F)c3)n2)cc1. The Hall–Kier alpha value is -3.32. The Morgan fingerprint density at radius 2 is 2.00 bits per heavy atom. The molecule has 0 spiro atoms. The molecule has 3 aromatic rings. The first-order valence-electron chi connectivity index (χ1n) is 11.6. The Balaban J connectivity index is 1.28. The van der Waals surface area contributed by atoms with Gasteiger partial charge in [0, 0.05) is 42.1 Å². The molecule has 1 unspecified atom stereocenters. The molecular formula is C26H30FN5O. The van der Waals surface area contributed by atoms with Crippen LogP contribution in [-0.2, 0) is 0 Å². The average molecular weight is 448 g/mol. The number of nitrogens with zero attached hydrogens (tertiary/aromatic N) is 3. The van der Waals surface area contributed by atoms with Crippen LogP contribution in [0.5, 0.6) is 0 Å². The van der Waals surface area contributed by atoms with Gasteiger partial charge in [-0.25, -0.2) is 14.4 Å². The number of carbonyl (C=O) groups is 1. The summed E-state index contributed by atoms with van der Waals surface area (Å²) in [5, 5.41) is 6.22. The van der Waals surface area contributed by atoms with Crippen LogP contribution >= 0.6 is 0 Å². The average Bonchev–Trinajstić information content (AvgIpc) is 2.83. The van der Waals surface area contributed by atoms with Crippen molar-refractivity contribution in [1.82, 2.24) is 20.2 Å². The monoisotopic (exact) mass is 447 g/mol. The van der Waals surface area contributed by atoms with E-state index in [0.717, 1.165) is 18.7 Å². The van der Waals surface area contributed by atoms with Gasteiger partial charge in [0.25, 0.3) is 5.91 Å². The van der Waals surface area contributed by atoms with Crippen molar-refractivity contribution in [3.8, 4) is 11.4 Å². The number of nitrogens with one attached hydrogen (secondary N) is 2. The molecule has 33 heavy (non-hydrogen) atoms. The summed E-state index contributed by atoms with van der Waals surface area (Å²) in [5.41, 5.74) is 2.03. The van der Waals surface area contributed by atoms with Crippen molar-refractivity contribution >= 4 is 17.4 Å². The van der Waals surface area contributed by atoms with E-state index in [1.54, 1.807) is 36.5 Å². The lowest BCUT2D eigenvalue weighted by Gasteiger charge is -2.33. The van der Waals surface area contributed by atoms with Crippen LogP contribution in [0.15, 0.2) is 60.8 Å². The van der Waals surface area contributed by atoms with Crippen molar-refractivity contribution in [3.05, 3.63) is 72.2 Å². The lowest BCUT2D eigenvalue weighted by atomic mass is 10.0. The van der Waals surface area contributed by atoms with Crippen LogP contribution in [0.4, 0.5) is 15.9 Å². The molecule has 0 radical (unpaired) electrons. The van der Waals surface area contributed by atoms with Crippen molar-refractivity contribution in [3.63, 3.8) is 0 Å². The van der Waals surface area contributed by atoms with E-state index >= 15 is 0 Å². The summed E-state index contributed by atoms with van der Waals surface area (Å²) in [4.78, 5) is 23.7. The number of amides is 1. The molecule has 0 bridgehead atoms. The van der Waals surface area contributed by atoms with Gasteiger partial charge in [0.2, 0.25) is 0 Å². The van der Waals surface area contributed by atoms with Gasteiger partial charge in [0.05, 0.1) is 0 Å². The number of aromatic nitrogens is 2. The zero-order valence-electron chi connectivity index (χ0n) is 18.9. The second-order valence-electron chi connectivity index (χ2n) is 8.47. The van der Waals surface area contributed by atoms with E-state index in [2.05, 4.69) is 32.4 Å². The maximum Gasteiger partial charge on any atom is 0.251 e. The second kappa shape index (κ2) is 11.0. The van der Waals surface area contributed by atoms with Gasteiger partial charge in [-0.05, 0) is 75.2 Å². The van der Waals surface area contributed by atoms with Crippen LogP contribution < -0.4 is 10.6 Å². The Kier molecular flexibility index (Phi) is 7.62. The van der Waals surface area contributed by atoms with Gasteiger partial charge in [-0.15, -0.1) is 0 Å². The Labute approximate surface area is 194 Å². The van der Waals surface area contributed by atoms with Crippen molar-refractivity contribution in [2.24, 2.45) is 0 Å². The number of benzene rings is 2. The molecule has 1 amide bonds. The highest BCUT2D eigenvalue weighted by atomic mass is 19.1. The molecular weight excluding hydrogens is 417 g/mol. The van der Waals surface area contributed by atoms with Gasteiger partial charge < -0.3 is 15.5 Å². The summed E-state index contributed by atoms with van der Waals surface area (Å²) in [5.74, 6) is 0.635. The van der Waals surface area contributed by atoms with E-state index in [9.17, 15) is 9.18 Å². The molecule has 6 nitrogen and oxygen atoms in total. The van der Waals surface area contributed by atoms with E-state index in [0.29, 0.717) is 35.4 Å². The molecule has 2 aromatic carbocycles. The molecule has 0 aliphatic carbocycles. The molecule has 2 heterocycles.